The summed E-state index contributed by atoms with van der Waals surface area (Å²) in [6.07, 6.45) is 3.34. The molecule has 68 valence electrons. The number of hydrogen-bond acceptors (Lipinski definition) is 2. The molecule has 0 unspecified atom stereocenters. The van der Waals surface area contributed by atoms with Crippen molar-refractivity contribution in [2.45, 2.75) is 31.9 Å². The van der Waals surface area contributed by atoms with E-state index in [2.05, 4.69) is 16.9 Å². The van der Waals surface area contributed by atoms with Crippen LogP contribution >= 0.6 is 0 Å². The first-order chi connectivity index (χ1) is 6.23. The van der Waals surface area contributed by atoms with Gasteiger partial charge < -0.3 is 5.11 Å². The molecule has 0 bridgehead atoms. The van der Waals surface area contributed by atoms with Crippen LogP contribution in [-0.2, 0) is 6.54 Å². The first-order valence-corrected chi connectivity index (χ1v) is 4.51. The second kappa shape index (κ2) is 2.90. The van der Waals surface area contributed by atoms with Crippen molar-refractivity contribution < 1.29 is 5.11 Å². The van der Waals surface area contributed by atoms with E-state index in [0.29, 0.717) is 0 Å². The first kappa shape index (κ1) is 8.33. The second-order valence-corrected chi connectivity index (χ2v) is 3.31. The predicted molar refractivity (Wildman–Crippen MR) is 49.0 cm³/mol. The zero-order valence-electron chi connectivity index (χ0n) is 7.62. The van der Waals surface area contributed by atoms with Crippen LogP contribution in [0.5, 0.6) is 0 Å². The van der Waals surface area contributed by atoms with Crippen LogP contribution in [0.25, 0.3) is 0 Å². The first-order valence-electron chi connectivity index (χ1n) is 4.51. The molecule has 0 radical (unpaired) electrons. The second-order valence-electron chi connectivity index (χ2n) is 3.31. The Morgan fingerprint density at radius 3 is 3.08 bits per heavy atom. The molecule has 3 heteroatoms. The van der Waals surface area contributed by atoms with Crippen LogP contribution in [0.3, 0.4) is 0 Å². The quantitative estimate of drug-likeness (QED) is 0.642. The summed E-state index contributed by atoms with van der Waals surface area (Å²) in [7, 11) is 0. The number of nitrogens with zero attached hydrogens (tertiary/aromatic N) is 2. The molecule has 1 heterocycles. The molecule has 1 fully saturated rings. The molecule has 1 aromatic heterocycles. The summed E-state index contributed by atoms with van der Waals surface area (Å²) in [6.45, 7) is 2.83. The Morgan fingerprint density at radius 1 is 1.69 bits per heavy atom. The highest BCUT2D eigenvalue weighted by Crippen LogP contribution is 2.33. The lowest BCUT2D eigenvalue weighted by Crippen LogP contribution is -2.03. The third kappa shape index (κ3) is 1.73. The molecule has 1 aliphatic rings. The highest BCUT2D eigenvalue weighted by Gasteiger charge is 2.38. The molecular formula is C10H12N2O. The van der Waals surface area contributed by atoms with E-state index in [4.69, 9.17) is 0 Å². The summed E-state index contributed by atoms with van der Waals surface area (Å²) >= 11 is 0. The molecule has 3 nitrogen and oxygen atoms in total. The average molecular weight is 176 g/mol. The van der Waals surface area contributed by atoms with Crippen LogP contribution < -0.4 is 0 Å². The lowest BCUT2D eigenvalue weighted by atomic mass is 10.3. The monoisotopic (exact) mass is 176 g/mol. The van der Waals surface area contributed by atoms with Crippen LogP contribution in [-0.4, -0.2) is 20.5 Å². The minimum Gasteiger partial charge on any atom is -0.378 e. The van der Waals surface area contributed by atoms with Crippen molar-refractivity contribution in [1.82, 2.24) is 9.78 Å². The average Bonchev–Trinajstić information content (AvgIpc) is 2.69. The third-order valence-corrected chi connectivity index (χ3v) is 2.16. The largest absolute Gasteiger partial charge is 0.378 e. The summed E-state index contributed by atoms with van der Waals surface area (Å²) in [4.78, 5) is 0. The summed E-state index contributed by atoms with van der Waals surface area (Å²) in [5.74, 6) is 5.80. The molecule has 2 rings (SSSR count). The van der Waals surface area contributed by atoms with Gasteiger partial charge in [-0.15, -0.1) is 0 Å². The van der Waals surface area contributed by atoms with Crippen molar-refractivity contribution in [3.63, 3.8) is 0 Å². The van der Waals surface area contributed by atoms with Crippen LogP contribution in [0.2, 0.25) is 0 Å². The maximum Gasteiger partial charge on any atom is 0.126 e. The summed E-state index contributed by atoms with van der Waals surface area (Å²) in [5.41, 5.74) is 0.186. The number of aliphatic hydroxyl groups is 1. The molecule has 1 aromatic rings. The molecule has 1 saturated carbocycles. The van der Waals surface area contributed by atoms with E-state index >= 15 is 0 Å². The van der Waals surface area contributed by atoms with E-state index in [1.807, 2.05) is 17.7 Å². The lowest BCUT2D eigenvalue weighted by Gasteiger charge is -1.97. The molecule has 0 spiro atoms. The molecule has 13 heavy (non-hydrogen) atoms. The van der Waals surface area contributed by atoms with Gasteiger partial charge in [0, 0.05) is 6.54 Å². The predicted octanol–water partition coefficient (Wildman–Crippen LogP) is 0.779. The molecule has 0 aliphatic heterocycles. The van der Waals surface area contributed by atoms with Gasteiger partial charge in [-0.3, -0.25) is 4.68 Å². The molecule has 0 saturated heterocycles. The van der Waals surface area contributed by atoms with Gasteiger partial charge in [0.05, 0.1) is 6.20 Å². The number of aryl methyl sites for hydroxylation is 1. The van der Waals surface area contributed by atoms with Gasteiger partial charge in [0.2, 0.25) is 0 Å². The number of hydrogen-bond donors (Lipinski definition) is 1. The molecule has 0 aromatic carbocycles. The summed E-state index contributed by atoms with van der Waals surface area (Å²) < 4.78 is 1.82. The highest BCUT2D eigenvalue weighted by atomic mass is 16.3. The minimum atomic E-state index is -0.692. The zero-order chi connectivity index (χ0) is 9.31. The van der Waals surface area contributed by atoms with Gasteiger partial charge in [-0.1, -0.05) is 5.92 Å². The Bertz CT molecular complexity index is 366. The van der Waals surface area contributed by atoms with Gasteiger partial charge in [-0.05, 0) is 31.8 Å². The number of aromatic nitrogens is 2. The van der Waals surface area contributed by atoms with E-state index in [0.717, 1.165) is 25.1 Å². The molecule has 0 atom stereocenters. The topological polar surface area (TPSA) is 38.0 Å². The van der Waals surface area contributed by atoms with E-state index < -0.39 is 5.60 Å². The van der Waals surface area contributed by atoms with Crippen molar-refractivity contribution >= 4 is 0 Å². The lowest BCUT2D eigenvalue weighted by molar-refractivity contribution is 0.212. The third-order valence-electron chi connectivity index (χ3n) is 2.16. The van der Waals surface area contributed by atoms with Crippen LogP contribution in [0.15, 0.2) is 12.3 Å². The fourth-order valence-corrected chi connectivity index (χ4v) is 1.11. The van der Waals surface area contributed by atoms with E-state index in [1.165, 1.54) is 0 Å². The van der Waals surface area contributed by atoms with Crippen molar-refractivity contribution in [2.24, 2.45) is 0 Å². The fourth-order valence-electron chi connectivity index (χ4n) is 1.11. The maximum atomic E-state index is 9.49. The van der Waals surface area contributed by atoms with Crippen LogP contribution in [0, 0.1) is 11.8 Å². The molecule has 0 amide bonds. The molecular weight excluding hydrogens is 164 g/mol. The smallest absolute Gasteiger partial charge is 0.126 e. The van der Waals surface area contributed by atoms with Crippen molar-refractivity contribution in [2.75, 3.05) is 0 Å². The van der Waals surface area contributed by atoms with Crippen LogP contribution in [0.1, 0.15) is 25.5 Å². The normalized spacial score (nSPS) is 17.7. The van der Waals surface area contributed by atoms with Gasteiger partial charge in [0.25, 0.3) is 0 Å². The van der Waals surface area contributed by atoms with Crippen molar-refractivity contribution in [3.8, 4) is 11.8 Å². The van der Waals surface area contributed by atoms with Gasteiger partial charge in [-0.2, -0.15) is 5.10 Å². The van der Waals surface area contributed by atoms with E-state index in [9.17, 15) is 5.11 Å². The Hall–Kier alpha value is -1.27. The van der Waals surface area contributed by atoms with Gasteiger partial charge in [0.15, 0.2) is 0 Å². The molecule has 1 aliphatic carbocycles. The van der Waals surface area contributed by atoms with Gasteiger partial charge in [-0.25, -0.2) is 0 Å². The number of rotatable bonds is 1. The van der Waals surface area contributed by atoms with Gasteiger partial charge >= 0.3 is 0 Å². The minimum absolute atomic E-state index is 0.692. The van der Waals surface area contributed by atoms with Gasteiger partial charge in [0.1, 0.15) is 11.3 Å². The van der Waals surface area contributed by atoms with Crippen molar-refractivity contribution in [1.29, 1.82) is 0 Å². The fraction of sp³-hybridized carbons (Fsp3) is 0.500. The zero-order valence-corrected chi connectivity index (χ0v) is 7.62. The summed E-state index contributed by atoms with van der Waals surface area (Å²) in [5, 5.41) is 13.6. The standard InChI is InChI=1S/C10H12N2O/c1-2-12-9(4-8-11-12)3-5-10(13)6-7-10/h4,8,13H,2,6-7H2,1H3. The van der Waals surface area contributed by atoms with Crippen LogP contribution in [0.4, 0.5) is 0 Å². The Balaban J connectivity index is 2.19. The highest BCUT2D eigenvalue weighted by molar-refractivity contribution is 5.33. The Morgan fingerprint density at radius 2 is 2.46 bits per heavy atom. The Kier molecular flexibility index (Phi) is 1.86. The van der Waals surface area contributed by atoms with Crippen molar-refractivity contribution in [3.05, 3.63) is 18.0 Å². The Labute approximate surface area is 77.4 Å². The molecule has 1 N–H and O–H groups in total. The van der Waals surface area contributed by atoms with E-state index in [-0.39, 0.29) is 0 Å². The maximum absolute atomic E-state index is 9.49. The summed E-state index contributed by atoms with van der Waals surface area (Å²) in [6, 6.07) is 1.86. The van der Waals surface area contributed by atoms with E-state index in [1.54, 1.807) is 6.20 Å². The SMILES string of the molecule is CCn1nccc1C#CC1(O)CC1.